The largest absolute Gasteiger partial charge is 0.478 e. The minimum absolute atomic E-state index is 0.142. The van der Waals surface area contributed by atoms with E-state index in [1.165, 1.54) is 12.3 Å². The van der Waals surface area contributed by atoms with E-state index in [9.17, 15) is 15.2 Å². The van der Waals surface area contributed by atoms with Crippen molar-refractivity contribution in [2.45, 2.75) is 13.8 Å². The third-order valence-corrected chi connectivity index (χ3v) is 6.01. The Morgan fingerprint density at radius 2 is 1.51 bits per heavy atom. The molecular formula is C31H22N2O4. The van der Waals surface area contributed by atoms with Crippen LogP contribution in [-0.2, 0) is 0 Å². The van der Waals surface area contributed by atoms with Crippen LogP contribution in [0.4, 0.5) is 5.88 Å². The van der Waals surface area contributed by atoms with Gasteiger partial charge in [0.1, 0.15) is 28.9 Å². The van der Waals surface area contributed by atoms with Crippen LogP contribution in [0.25, 0.3) is 33.8 Å². The third-order valence-electron chi connectivity index (χ3n) is 6.01. The molecule has 6 nitrogen and oxygen atoms in total. The van der Waals surface area contributed by atoms with Crippen LogP contribution in [0.2, 0.25) is 0 Å². The van der Waals surface area contributed by atoms with Crippen LogP contribution in [-0.4, -0.2) is 17.3 Å². The second-order valence-corrected chi connectivity index (χ2v) is 8.64. The second kappa shape index (κ2) is 9.84. The van der Waals surface area contributed by atoms with Crippen molar-refractivity contribution >= 4 is 18.1 Å². The quantitative estimate of drug-likeness (QED) is 0.247. The molecule has 0 saturated carbocycles. The Labute approximate surface area is 213 Å². The fourth-order valence-electron chi connectivity index (χ4n) is 4.09. The van der Waals surface area contributed by atoms with Crippen LogP contribution in [0.15, 0.2) is 98.8 Å². The number of carboxylic acid groups (broad SMARTS) is 1. The van der Waals surface area contributed by atoms with Crippen LogP contribution in [0, 0.1) is 25.2 Å². The maximum absolute atomic E-state index is 11.6. The summed E-state index contributed by atoms with van der Waals surface area (Å²) in [4.78, 5) is 16.0. The maximum Gasteiger partial charge on any atom is 0.336 e. The first-order chi connectivity index (χ1) is 17.9. The zero-order valence-electron chi connectivity index (χ0n) is 20.2. The molecule has 5 aromatic rings. The molecule has 0 atom stereocenters. The van der Waals surface area contributed by atoms with E-state index in [1.807, 2.05) is 62.4 Å². The van der Waals surface area contributed by atoms with E-state index in [-0.39, 0.29) is 11.4 Å². The highest BCUT2D eigenvalue weighted by molar-refractivity contribution is 5.95. The predicted octanol–water partition coefficient (Wildman–Crippen LogP) is 7.81. The van der Waals surface area contributed by atoms with Gasteiger partial charge >= 0.3 is 5.97 Å². The summed E-state index contributed by atoms with van der Waals surface area (Å²) in [5.41, 5.74) is 5.52. The summed E-state index contributed by atoms with van der Waals surface area (Å²) >= 11 is 0. The molecule has 0 aliphatic carbocycles. The standard InChI is InChI=1S/C31H22N2O4/c1-19-7-11-21(12-8-19)28-26(17-32)30(37-29(28)22-13-9-20(2)10-14-22)33-18-23-15-16-27(36-23)24-5-3-4-6-25(24)31(34)35/h3-16,18H,1-2H3,(H,34,35). The van der Waals surface area contributed by atoms with Gasteiger partial charge in [0.05, 0.1) is 11.8 Å². The summed E-state index contributed by atoms with van der Waals surface area (Å²) in [6, 6.07) is 28.1. The van der Waals surface area contributed by atoms with Crippen LogP contribution in [0.5, 0.6) is 0 Å². The fraction of sp³-hybridized carbons (Fsp3) is 0.0645. The lowest BCUT2D eigenvalue weighted by molar-refractivity contribution is 0.0697. The van der Waals surface area contributed by atoms with Crippen LogP contribution >= 0.6 is 0 Å². The monoisotopic (exact) mass is 486 g/mol. The van der Waals surface area contributed by atoms with Gasteiger partial charge in [-0.15, -0.1) is 0 Å². The summed E-state index contributed by atoms with van der Waals surface area (Å²) < 4.78 is 12.0. The van der Waals surface area contributed by atoms with Crippen molar-refractivity contribution in [1.29, 1.82) is 5.26 Å². The first kappa shape index (κ1) is 23.6. The van der Waals surface area contributed by atoms with E-state index in [0.717, 1.165) is 22.3 Å². The molecule has 180 valence electrons. The Kier molecular flexibility index (Phi) is 6.27. The number of hydrogen-bond donors (Lipinski definition) is 1. The second-order valence-electron chi connectivity index (χ2n) is 8.64. The minimum Gasteiger partial charge on any atom is -0.478 e. The number of rotatable bonds is 6. The smallest absolute Gasteiger partial charge is 0.336 e. The molecule has 6 heteroatoms. The Morgan fingerprint density at radius 3 is 2.16 bits per heavy atom. The zero-order chi connectivity index (χ0) is 25.9. The SMILES string of the molecule is Cc1ccc(-c2oc(N=Cc3ccc(-c4ccccc4C(=O)O)o3)c(C#N)c2-c2ccc(C)cc2)cc1. The van der Waals surface area contributed by atoms with E-state index >= 15 is 0 Å². The Morgan fingerprint density at radius 1 is 0.865 bits per heavy atom. The van der Waals surface area contributed by atoms with Crippen molar-refractivity contribution in [1.82, 2.24) is 0 Å². The molecule has 2 heterocycles. The van der Waals surface area contributed by atoms with Gasteiger partial charge in [0.2, 0.25) is 5.88 Å². The normalized spacial score (nSPS) is 11.1. The molecule has 3 aromatic carbocycles. The molecule has 1 N–H and O–H groups in total. The topological polar surface area (TPSA) is 99.7 Å². The summed E-state index contributed by atoms with van der Waals surface area (Å²) in [5.74, 6) is 0.480. The average Bonchev–Trinajstić information content (AvgIpc) is 3.53. The number of furan rings is 2. The molecule has 0 spiro atoms. The summed E-state index contributed by atoms with van der Waals surface area (Å²) in [6.07, 6.45) is 1.46. The van der Waals surface area contributed by atoms with Gasteiger partial charge in [0.15, 0.2) is 0 Å². The molecule has 0 amide bonds. The molecule has 0 unspecified atom stereocenters. The predicted molar refractivity (Wildman–Crippen MR) is 142 cm³/mol. The molecular weight excluding hydrogens is 464 g/mol. The van der Waals surface area contributed by atoms with Crippen molar-refractivity contribution in [2.24, 2.45) is 4.99 Å². The number of aromatic carboxylic acids is 1. The van der Waals surface area contributed by atoms with Crippen LogP contribution in [0.1, 0.15) is 32.8 Å². The van der Waals surface area contributed by atoms with Crippen LogP contribution < -0.4 is 0 Å². The highest BCUT2D eigenvalue weighted by atomic mass is 16.4. The molecule has 0 radical (unpaired) electrons. The average molecular weight is 487 g/mol. The number of aryl methyl sites for hydroxylation is 2. The summed E-state index contributed by atoms with van der Waals surface area (Å²) in [6.45, 7) is 4.02. The highest BCUT2D eigenvalue weighted by Crippen LogP contribution is 2.42. The van der Waals surface area contributed by atoms with E-state index < -0.39 is 5.97 Å². The van der Waals surface area contributed by atoms with Gasteiger partial charge in [0, 0.05) is 16.7 Å². The summed E-state index contributed by atoms with van der Waals surface area (Å²) in [5, 5.41) is 19.6. The van der Waals surface area contributed by atoms with E-state index in [1.54, 1.807) is 30.3 Å². The zero-order valence-corrected chi connectivity index (χ0v) is 20.2. The molecule has 0 aliphatic heterocycles. The third kappa shape index (κ3) is 4.71. The van der Waals surface area contributed by atoms with Crippen molar-refractivity contribution < 1.29 is 18.7 Å². The molecule has 0 bridgehead atoms. The lowest BCUT2D eigenvalue weighted by Crippen LogP contribution is -1.98. The van der Waals surface area contributed by atoms with E-state index in [0.29, 0.717) is 34.0 Å². The van der Waals surface area contributed by atoms with Gasteiger partial charge in [-0.3, -0.25) is 0 Å². The number of benzene rings is 3. The summed E-state index contributed by atoms with van der Waals surface area (Å²) in [7, 11) is 0. The van der Waals surface area contributed by atoms with Gasteiger partial charge in [-0.1, -0.05) is 77.9 Å². The van der Waals surface area contributed by atoms with Crippen molar-refractivity contribution in [3.8, 4) is 39.8 Å². The van der Waals surface area contributed by atoms with Gasteiger partial charge in [0.25, 0.3) is 0 Å². The van der Waals surface area contributed by atoms with Gasteiger partial charge < -0.3 is 13.9 Å². The first-order valence-electron chi connectivity index (χ1n) is 11.6. The number of carbonyl (C=O) groups is 1. The van der Waals surface area contributed by atoms with Gasteiger partial charge in [-0.05, 0) is 37.6 Å². The minimum atomic E-state index is -1.04. The lowest BCUT2D eigenvalue weighted by Gasteiger charge is -2.05. The fourth-order valence-corrected chi connectivity index (χ4v) is 4.09. The Hall–Kier alpha value is -5.15. The Balaban J connectivity index is 1.57. The lowest BCUT2D eigenvalue weighted by atomic mass is 9.97. The molecule has 5 rings (SSSR count). The number of aliphatic imine (C=N–C) groups is 1. The van der Waals surface area contributed by atoms with Crippen molar-refractivity contribution in [3.05, 3.63) is 113 Å². The molecule has 2 aromatic heterocycles. The highest BCUT2D eigenvalue weighted by Gasteiger charge is 2.23. The van der Waals surface area contributed by atoms with Crippen LogP contribution in [0.3, 0.4) is 0 Å². The van der Waals surface area contributed by atoms with E-state index in [2.05, 4.69) is 11.1 Å². The number of carboxylic acids is 1. The molecule has 37 heavy (non-hydrogen) atoms. The molecule has 0 aliphatic rings. The number of nitriles is 1. The molecule has 0 fully saturated rings. The molecule has 0 saturated heterocycles. The van der Waals surface area contributed by atoms with Crippen molar-refractivity contribution in [2.75, 3.05) is 0 Å². The Bertz CT molecular complexity index is 1660. The number of hydrogen-bond acceptors (Lipinski definition) is 5. The van der Waals surface area contributed by atoms with Gasteiger partial charge in [-0.25, -0.2) is 9.79 Å². The maximum atomic E-state index is 11.6. The number of nitrogens with zero attached hydrogens (tertiary/aromatic N) is 2. The van der Waals surface area contributed by atoms with E-state index in [4.69, 9.17) is 8.83 Å². The van der Waals surface area contributed by atoms with Gasteiger partial charge in [-0.2, -0.15) is 5.26 Å². The van der Waals surface area contributed by atoms with Crippen molar-refractivity contribution in [3.63, 3.8) is 0 Å². The first-order valence-corrected chi connectivity index (χ1v) is 11.6.